The molecule has 3 saturated heterocycles. The van der Waals surface area contributed by atoms with Crippen LogP contribution in [0.1, 0.15) is 20.8 Å². The molecule has 15 atom stereocenters. The van der Waals surface area contributed by atoms with Gasteiger partial charge in [-0.2, -0.15) is 0 Å². The van der Waals surface area contributed by atoms with Crippen LogP contribution in [0.15, 0.2) is 0 Å². The Morgan fingerprint density at radius 1 is 0.558 bits per heavy atom. The lowest BCUT2D eigenvalue weighted by atomic mass is 9.93. The fourth-order valence-electron chi connectivity index (χ4n) is 5.27. The first-order valence-corrected chi connectivity index (χ1v) is 13.5. The minimum atomic E-state index is -1.78. The Hall–Kier alpha value is -2.11. The summed E-state index contributed by atoms with van der Waals surface area (Å²) in [4.78, 5) is 36.0. The monoisotopic (exact) mass is 627 g/mol. The normalized spacial score (nSPS) is 43.5. The second-order valence-electron chi connectivity index (χ2n) is 10.5. The summed E-state index contributed by atoms with van der Waals surface area (Å²) in [5, 5.41) is 89.9. The zero-order valence-corrected chi connectivity index (χ0v) is 23.6. The predicted octanol–water partition coefficient (Wildman–Crippen LogP) is -7.14. The summed E-state index contributed by atoms with van der Waals surface area (Å²) in [5.41, 5.74) is 0. The lowest BCUT2D eigenvalue weighted by Gasteiger charge is -2.50. The van der Waals surface area contributed by atoms with E-state index in [0.29, 0.717) is 0 Å². The van der Waals surface area contributed by atoms with Gasteiger partial charge in [-0.3, -0.25) is 14.4 Å². The lowest BCUT2D eigenvalue weighted by Crippen LogP contribution is -2.71. The van der Waals surface area contributed by atoms with Gasteiger partial charge in [0.15, 0.2) is 18.9 Å². The van der Waals surface area contributed by atoms with E-state index in [1.54, 1.807) is 0 Å². The van der Waals surface area contributed by atoms with Crippen LogP contribution in [-0.4, -0.2) is 170 Å². The third-order valence-electron chi connectivity index (χ3n) is 7.30. The molecule has 1 unspecified atom stereocenters. The van der Waals surface area contributed by atoms with Gasteiger partial charge in [0.1, 0.15) is 73.1 Å². The van der Waals surface area contributed by atoms with Gasteiger partial charge in [-0.1, -0.05) is 0 Å². The Labute approximate surface area is 245 Å². The van der Waals surface area contributed by atoms with Gasteiger partial charge in [0.25, 0.3) is 0 Å². The molecule has 3 aliphatic heterocycles. The molecule has 0 aromatic rings. The number of aliphatic hydroxyl groups excluding tert-OH is 8. The largest absolute Gasteiger partial charge is 0.394 e. The summed E-state index contributed by atoms with van der Waals surface area (Å²) >= 11 is 0. The topological polar surface area (TPSA) is 295 Å². The van der Waals surface area contributed by atoms with Gasteiger partial charge in [0.05, 0.1) is 19.8 Å². The van der Waals surface area contributed by atoms with Crippen molar-refractivity contribution in [3.05, 3.63) is 0 Å². The van der Waals surface area contributed by atoms with Crippen LogP contribution < -0.4 is 16.0 Å². The van der Waals surface area contributed by atoms with Crippen LogP contribution in [0.4, 0.5) is 0 Å². The van der Waals surface area contributed by atoms with Crippen molar-refractivity contribution in [2.45, 2.75) is 113 Å². The quantitative estimate of drug-likeness (QED) is 0.107. The van der Waals surface area contributed by atoms with E-state index in [-0.39, 0.29) is 0 Å². The molecule has 0 saturated carbocycles. The highest BCUT2D eigenvalue weighted by Crippen LogP contribution is 2.32. The van der Waals surface area contributed by atoms with Crippen LogP contribution in [0.25, 0.3) is 0 Å². The number of nitrogens with one attached hydrogen (secondary N) is 3. The first kappa shape index (κ1) is 35.4. The highest BCUT2D eigenvalue weighted by molar-refractivity contribution is 5.74. The third-order valence-corrected chi connectivity index (χ3v) is 7.30. The standard InChI is InChI=1S/C24H41N3O16/c1-7(31)25-13-19(37)16(34)10(4-28)40-23(13)43-21-15(27-9(3)33)24(41-12(6-30)18(21)36)42-20-14(26-8(2)32)22(38)39-11(5-29)17(20)35/h10-24,28-30,34-38H,4-6H2,1-3H3,(H,25,31)(H,26,32)(H,27,33)/t10-,11-,12-,13-,14-,15-,16-,17-,18-,19-,20-,21-,22?,23+,24+/m1/s1. The van der Waals surface area contributed by atoms with Crippen molar-refractivity contribution in [1.82, 2.24) is 16.0 Å². The summed E-state index contributed by atoms with van der Waals surface area (Å²) in [5.74, 6) is -2.01. The van der Waals surface area contributed by atoms with E-state index in [9.17, 15) is 55.2 Å². The highest BCUT2D eigenvalue weighted by atomic mass is 16.7. The van der Waals surface area contributed by atoms with Crippen molar-refractivity contribution < 1.29 is 78.9 Å². The second kappa shape index (κ2) is 15.3. The van der Waals surface area contributed by atoms with E-state index >= 15 is 0 Å². The molecule has 248 valence electrons. The molecule has 3 amide bonds. The van der Waals surface area contributed by atoms with E-state index in [0.717, 1.165) is 20.8 Å². The maximum Gasteiger partial charge on any atom is 0.217 e. The first-order chi connectivity index (χ1) is 20.2. The van der Waals surface area contributed by atoms with E-state index in [1.807, 2.05) is 0 Å². The van der Waals surface area contributed by atoms with Crippen LogP contribution in [0.5, 0.6) is 0 Å². The fourth-order valence-corrected chi connectivity index (χ4v) is 5.27. The maximum absolute atomic E-state index is 12.3. The zero-order chi connectivity index (χ0) is 32.2. The molecule has 3 heterocycles. The SMILES string of the molecule is CC(=O)N[C@H]1[C@H](O[C@H]2[C@H](O)[C@@H](CO)O[C@@H](O[C@H]3[C@H](O)[C@@H](CO)OC(O)[C@@H]3NC(C)=O)[C@@H]2NC(C)=O)O[C@H](CO)[C@@H](O)[C@@H]1O. The first-order valence-electron chi connectivity index (χ1n) is 13.5. The number of carbonyl (C=O) groups excluding carboxylic acids is 3. The zero-order valence-electron chi connectivity index (χ0n) is 23.6. The lowest BCUT2D eigenvalue weighted by molar-refractivity contribution is -0.347. The van der Waals surface area contributed by atoms with Crippen LogP contribution in [0.2, 0.25) is 0 Å². The second-order valence-corrected chi connectivity index (χ2v) is 10.5. The Balaban J connectivity index is 2.00. The summed E-state index contributed by atoms with van der Waals surface area (Å²) in [6, 6.07) is -4.37. The van der Waals surface area contributed by atoms with Crippen molar-refractivity contribution in [1.29, 1.82) is 0 Å². The smallest absolute Gasteiger partial charge is 0.217 e. The molecule has 11 N–H and O–H groups in total. The molecule has 0 bridgehead atoms. The molecular weight excluding hydrogens is 586 g/mol. The van der Waals surface area contributed by atoms with E-state index in [4.69, 9.17) is 23.7 Å². The van der Waals surface area contributed by atoms with Gasteiger partial charge in [-0.05, 0) is 0 Å². The molecule has 0 radical (unpaired) electrons. The molecule has 19 heteroatoms. The van der Waals surface area contributed by atoms with E-state index in [1.165, 1.54) is 0 Å². The van der Waals surface area contributed by atoms with Gasteiger partial charge in [-0.25, -0.2) is 0 Å². The molecular formula is C24H41N3O16. The number of carbonyl (C=O) groups is 3. The average molecular weight is 628 g/mol. The van der Waals surface area contributed by atoms with Gasteiger partial charge in [-0.15, -0.1) is 0 Å². The van der Waals surface area contributed by atoms with Crippen LogP contribution in [0.3, 0.4) is 0 Å². The Morgan fingerprint density at radius 3 is 1.40 bits per heavy atom. The van der Waals surface area contributed by atoms with Crippen LogP contribution in [-0.2, 0) is 38.1 Å². The number of ether oxygens (including phenoxy) is 5. The van der Waals surface area contributed by atoms with Crippen molar-refractivity contribution >= 4 is 17.7 Å². The minimum absolute atomic E-state index is 0.651. The number of rotatable bonds is 10. The van der Waals surface area contributed by atoms with E-state index < -0.39 is 129 Å². The summed E-state index contributed by atoms with van der Waals surface area (Å²) in [6.45, 7) is 0.964. The highest BCUT2D eigenvalue weighted by Gasteiger charge is 2.54. The third kappa shape index (κ3) is 8.14. The van der Waals surface area contributed by atoms with Gasteiger partial charge < -0.3 is 80.5 Å². The number of hydrogen-bond acceptors (Lipinski definition) is 16. The predicted molar refractivity (Wildman–Crippen MR) is 136 cm³/mol. The Morgan fingerprint density at radius 2 is 0.930 bits per heavy atom. The van der Waals surface area contributed by atoms with Gasteiger partial charge in [0, 0.05) is 20.8 Å². The molecule has 0 aliphatic carbocycles. The fraction of sp³-hybridized carbons (Fsp3) is 0.875. The Kier molecular flexibility index (Phi) is 12.5. The van der Waals surface area contributed by atoms with E-state index in [2.05, 4.69) is 16.0 Å². The number of amides is 3. The number of hydrogen-bond donors (Lipinski definition) is 11. The molecule has 3 rings (SSSR count). The van der Waals surface area contributed by atoms with Crippen molar-refractivity contribution in [3.63, 3.8) is 0 Å². The van der Waals surface area contributed by atoms with Crippen molar-refractivity contribution in [2.75, 3.05) is 19.8 Å². The molecule has 0 aromatic heterocycles. The maximum atomic E-state index is 12.3. The molecule has 0 spiro atoms. The van der Waals surface area contributed by atoms with Crippen molar-refractivity contribution in [3.8, 4) is 0 Å². The van der Waals surface area contributed by atoms with Crippen LogP contribution >= 0.6 is 0 Å². The van der Waals surface area contributed by atoms with Crippen molar-refractivity contribution in [2.24, 2.45) is 0 Å². The molecule has 3 aliphatic rings. The summed E-state index contributed by atoms with van der Waals surface area (Å²) in [7, 11) is 0. The minimum Gasteiger partial charge on any atom is -0.394 e. The van der Waals surface area contributed by atoms with Crippen LogP contribution in [0, 0.1) is 0 Å². The number of aliphatic hydroxyl groups is 8. The van der Waals surface area contributed by atoms with Gasteiger partial charge >= 0.3 is 0 Å². The summed E-state index contributed by atoms with van der Waals surface area (Å²) in [6.07, 6.45) is -19.3. The van der Waals surface area contributed by atoms with Gasteiger partial charge in [0.2, 0.25) is 17.7 Å². The average Bonchev–Trinajstić information content (AvgIpc) is 2.94. The molecule has 0 aromatic carbocycles. The Bertz CT molecular complexity index is 962. The molecule has 3 fully saturated rings. The summed E-state index contributed by atoms with van der Waals surface area (Å²) < 4.78 is 28.3. The molecule has 19 nitrogen and oxygen atoms in total. The molecule has 43 heavy (non-hydrogen) atoms.